The van der Waals surface area contributed by atoms with E-state index in [-0.39, 0.29) is 5.91 Å². The highest BCUT2D eigenvalue weighted by Crippen LogP contribution is 2.32. The molecule has 0 bridgehead atoms. The maximum absolute atomic E-state index is 12.9. The summed E-state index contributed by atoms with van der Waals surface area (Å²) in [6.45, 7) is 2.03. The van der Waals surface area contributed by atoms with Crippen LogP contribution in [-0.2, 0) is 0 Å². The van der Waals surface area contributed by atoms with E-state index in [2.05, 4.69) is 10.3 Å². The van der Waals surface area contributed by atoms with Crippen molar-refractivity contribution < 1.29 is 9.53 Å². The monoisotopic (exact) mass is 419 g/mol. The Morgan fingerprint density at radius 3 is 2.62 bits per heavy atom. The van der Waals surface area contributed by atoms with Crippen LogP contribution in [0.25, 0.3) is 21.7 Å². The fraction of sp³-hybridized carbons (Fsp3) is 0.0370. The summed E-state index contributed by atoms with van der Waals surface area (Å²) < 4.78 is 6.21. The van der Waals surface area contributed by atoms with Crippen LogP contribution < -0.4 is 15.8 Å². The lowest BCUT2D eigenvalue weighted by molar-refractivity contribution is 0.102. The second-order valence-corrected chi connectivity index (χ2v) is 7.61. The van der Waals surface area contributed by atoms with Crippen molar-refractivity contribution in [3.05, 3.63) is 102 Å². The summed E-state index contributed by atoms with van der Waals surface area (Å²) in [6, 6.07) is 26.4. The second-order valence-electron chi connectivity index (χ2n) is 7.61. The Balaban J connectivity index is 1.48. The molecule has 0 radical (unpaired) electrons. The number of carbonyl (C=O) groups is 1. The molecule has 1 aromatic heterocycles. The van der Waals surface area contributed by atoms with Gasteiger partial charge in [0.25, 0.3) is 5.91 Å². The molecule has 5 heteroatoms. The molecule has 0 spiro atoms. The molecule has 0 aliphatic rings. The molecule has 3 N–H and O–H groups in total. The van der Waals surface area contributed by atoms with Crippen LogP contribution in [0.3, 0.4) is 0 Å². The number of para-hydroxylation sites is 3. The number of rotatable bonds is 4. The predicted molar refractivity (Wildman–Crippen MR) is 129 cm³/mol. The molecule has 1 amide bonds. The van der Waals surface area contributed by atoms with E-state index in [0.717, 1.165) is 33.0 Å². The van der Waals surface area contributed by atoms with Gasteiger partial charge in [-0.3, -0.25) is 9.78 Å². The fourth-order valence-electron chi connectivity index (χ4n) is 3.84. The first-order valence-corrected chi connectivity index (χ1v) is 10.3. The van der Waals surface area contributed by atoms with Gasteiger partial charge in [0.2, 0.25) is 0 Å². The number of aryl methyl sites for hydroxylation is 1. The molecule has 32 heavy (non-hydrogen) atoms. The highest BCUT2D eigenvalue weighted by atomic mass is 16.5. The number of anilines is 2. The number of hydrogen-bond acceptors (Lipinski definition) is 4. The Kier molecular flexibility index (Phi) is 4.92. The van der Waals surface area contributed by atoms with Crippen molar-refractivity contribution in [1.82, 2.24) is 4.98 Å². The number of benzene rings is 4. The third kappa shape index (κ3) is 3.61. The quantitative estimate of drug-likeness (QED) is 0.334. The third-order valence-electron chi connectivity index (χ3n) is 5.47. The summed E-state index contributed by atoms with van der Waals surface area (Å²) >= 11 is 0. The van der Waals surface area contributed by atoms with Crippen LogP contribution in [0.1, 0.15) is 15.9 Å². The van der Waals surface area contributed by atoms with Gasteiger partial charge in [0.15, 0.2) is 0 Å². The van der Waals surface area contributed by atoms with Gasteiger partial charge < -0.3 is 15.8 Å². The van der Waals surface area contributed by atoms with Gasteiger partial charge in [0.1, 0.15) is 11.5 Å². The Hall–Kier alpha value is -4.38. The minimum atomic E-state index is -0.210. The van der Waals surface area contributed by atoms with Crippen LogP contribution in [0.2, 0.25) is 0 Å². The number of aromatic nitrogens is 1. The molecular formula is C27H21N3O2. The van der Waals surface area contributed by atoms with Crippen molar-refractivity contribution >= 4 is 39.0 Å². The smallest absolute Gasteiger partial charge is 0.256 e. The van der Waals surface area contributed by atoms with Crippen LogP contribution in [0.15, 0.2) is 91.1 Å². The third-order valence-corrected chi connectivity index (χ3v) is 5.47. The number of nitrogens with zero attached hydrogens (tertiary/aromatic N) is 1. The Bertz CT molecular complexity index is 1480. The molecule has 0 unspecified atom stereocenters. The fourth-order valence-corrected chi connectivity index (χ4v) is 3.84. The van der Waals surface area contributed by atoms with E-state index < -0.39 is 0 Å². The van der Waals surface area contributed by atoms with Gasteiger partial charge in [-0.15, -0.1) is 0 Å². The van der Waals surface area contributed by atoms with Crippen LogP contribution in [0.4, 0.5) is 11.4 Å². The van der Waals surface area contributed by atoms with Crippen LogP contribution in [0, 0.1) is 6.92 Å². The van der Waals surface area contributed by atoms with E-state index in [4.69, 9.17) is 10.5 Å². The first-order valence-electron chi connectivity index (χ1n) is 10.3. The first kappa shape index (κ1) is 19.6. The highest BCUT2D eigenvalue weighted by Gasteiger charge is 2.13. The van der Waals surface area contributed by atoms with E-state index in [1.807, 2.05) is 73.7 Å². The molecule has 5 aromatic rings. The number of ether oxygens (including phenoxy) is 1. The van der Waals surface area contributed by atoms with Crippen LogP contribution in [0.5, 0.6) is 11.5 Å². The first-order chi connectivity index (χ1) is 15.6. The maximum atomic E-state index is 12.9. The maximum Gasteiger partial charge on any atom is 0.256 e. The average Bonchev–Trinajstić information content (AvgIpc) is 2.81. The molecule has 156 valence electrons. The molecule has 0 aliphatic heterocycles. The number of nitrogen functional groups attached to an aromatic ring is 1. The van der Waals surface area contributed by atoms with E-state index in [1.54, 1.807) is 24.4 Å². The van der Waals surface area contributed by atoms with Gasteiger partial charge in [-0.25, -0.2) is 0 Å². The van der Waals surface area contributed by atoms with Crippen molar-refractivity contribution in [2.45, 2.75) is 6.92 Å². The lowest BCUT2D eigenvalue weighted by atomic mass is 10.0. The summed E-state index contributed by atoms with van der Waals surface area (Å²) in [5, 5.41) is 5.60. The van der Waals surface area contributed by atoms with E-state index in [1.165, 1.54) is 0 Å². The number of hydrogen-bond donors (Lipinski definition) is 2. The van der Waals surface area contributed by atoms with E-state index in [0.29, 0.717) is 22.7 Å². The standard InChI is InChI=1S/C27H21N3O2/c1-17-6-4-9-22-25(14-15-29-26(17)22)32-19-12-13-20-18(16-19)7-5-8-21(20)27(31)30-24-11-3-2-10-23(24)28/h2-16H,28H2,1H3,(H,30,31). The number of carbonyl (C=O) groups excluding carboxylic acids is 1. The Morgan fingerprint density at radius 1 is 0.906 bits per heavy atom. The van der Waals surface area contributed by atoms with Gasteiger partial charge in [-0.1, -0.05) is 36.4 Å². The second kappa shape index (κ2) is 8.04. The topological polar surface area (TPSA) is 77.2 Å². The number of amides is 1. The highest BCUT2D eigenvalue weighted by molar-refractivity contribution is 6.13. The molecule has 0 saturated heterocycles. The number of fused-ring (bicyclic) bond motifs is 2. The summed E-state index contributed by atoms with van der Waals surface area (Å²) in [6.07, 6.45) is 1.75. The molecule has 0 atom stereocenters. The molecule has 0 fully saturated rings. The summed E-state index contributed by atoms with van der Waals surface area (Å²) in [5.41, 5.74) is 9.67. The Morgan fingerprint density at radius 2 is 1.75 bits per heavy atom. The molecule has 4 aromatic carbocycles. The van der Waals surface area contributed by atoms with Gasteiger partial charge >= 0.3 is 0 Å². The van der Waals surface area contributed by atoms with Gasteiger partial charge in [0, 0.05) is 17.1 Å². The van der Waals surface area contributed by atoms with E-state index in [9.17, 15) is 4.79 Å². The lowest BCUT2D eigenvalue weighted by Gasteiger charge is -2.12. The predicted octanol–water partition coefficient (Wildman–Crippen LogP) is 6.32. The molecule has 0 saturated carbocycles. The van der Waals surface area contributed by atoms with E-state index >= 15 is 0 Å². The zero-order valence-electron chi connectivity index (χ0n) is 17.5. The minimum absolute atomic E-state index is 0.210. The molecule has 0 aliphatic carbocycles. The molecular weight excluding hydrogens is 398 g/mol. The largest absolute Gasteiger partial charge is 0.457 e. The van der Waals surface area contributed by atoms with Crippen molar-refractivity contribution in [1.29, 1.82) is 0 Å². The lowest BCUT2D eigenvalue weighted by Crippen LogP contribution is -2.13. The number of nitrogens with one attached hydrogen (secondary N) is 1. The summed E-state index contributed by atoms with van der Waals surface area (Å²) in [5.74, 6) is 1.22. The SMILES string of the molecule is Cc1cccc2c(Oc3ccc4c(C(=O)Nc5ccccc5N)cccc4c3)ccnc12. The molecule has 1 heterocycles. The van der Waals surface area contributed by atoms with Gasteiger partial charge in [-0.05, 0) is 71.8 Å². The molecule has 5 rings (SSSR count). The van der Waals surface area contributed by atoms with Crippen molar-refractivity contribution in [2.24, 2.45) is 0 Å². The van der Waals surface area contributed by atoms with Crippen molar-refractivity contribution in [2.75, 3.05) is 11.1 Å². The average molecular weight is 419 g/mol. The van der Waals surface area contributed by atoms with Crippen LogP contribution in [-0.4, -0.2) is 10.9 Å². The normalized spacial score (nSPS) is 10.9. The Labute approximate surface area is 185 Å². The van der Waals surface area contributed by atoms with Gasteiger partial charge in [-0.2, -0.15) is 0 Å². The van der Waals surface area contributed by atoms with Gasteiger partial charge in [0.05, 0.1) is 16.9 Å². The number of pyridine rings is 1. The van der Waals surface area contributed by atoms with Crippen molar-refractivity contribution in [3.8, 4) is 11.5 Å². The summed E-state index contributed by atoms with van der Waals surface area (Å²) in [4.78, 5) is 17.4. The molecule has 5 nitrogen and oxygen atoms in total. The van der Waals surface area contributed by atoms with Crippen LogP contribution >= 0.6 is 0 Å². The minimum Gasteiger partial charge on any atom is -0.457 e. The zero-order chi connectivity index (χ0) is 22.1. The number of nitrogens with two attached hydrogens (primary N) is 1. The summed E-state index contributed by atoms with van der Waals surface area (Å²) in [7, 11) is 0. The zero-order valence-corrected chi connectivity index (χ0v) is 17.5. The van der Waals surface area contributed by atoms with Crippen molar-refractivity contribution in [3.63, 3.8) is 0 Å².